The Morgan fingerprint density at radius 1 is 1.07 bits per heavy atom. The number of ether oxygens (including phenoxy) is 1. The maximum Gasteiger partial charge on any atom is 0.0468 e. The molecule has 0 radical (unpaired) electrons. The fraction of sp³-hybridized carbons (Fsp3) is 1.00. The van der Waals surface area contributed by atoms with Gasteiger partial charge < -0.3 is 4.74 Å². The molecule has 0 aliphatic carbocycles. The summed E-state index contributed by atoms with van der Waals surface area (Å²) in [6, 6.07) is 0. The largest absolute Gasteiger partial charge is 0.381 e. The first-order valence-corrected chi connectivity index (χ1v) is 5.86. The summed E-state index contributed by atoms with van der Waals surface area (Å²) in [6.07, 6.45) is 6.47. The Hall–Kier alpha value is -0.120. The van der Waals surface area contributed by atoms with Crippen LogP contribution in [0.4, 0.5) is 0 Å². The van der Waals surface area contributed by atoms with Crippen molar-refractivity contribution in [2.75, 3.05) is 26.3 Å². The third-order valence-electron chi connectivity index (χ3n) is 2.90. The smallest absolute Gasteiger partial charge is 0.0468 e. The molecule has 0 amide bonds. The van der Waals surface area contributed by atoms with Crippen LogP contribution in [0.5, 0.6) is 0 Å². The number of hydrogen-bond acceptors (Lipinski definition) is 3. The third-order valence-corrected chi connectivity index (χ3v) is 2.90. The van der Waals surface area contributed by atoms with Crippen molar-refractivity contribution in [1.82, 2.24) is 5.01 Å². The van der Waals surface area contributed by atoms with E-state index in [0.717, 1.165) is 32.2 Å². The van der Waals surface area contributed by atoms with Crippen molar-refractivity contribution in [3.05, 3.63) is 0 Å². The topological polar surface area (TPSA) is 38.5 Å². The Bertz CT molecular complexity index is 113. The molecule has 0 saturated carbocycles. The van der Waals surface area contributed by atoms with Gasteiger partial charge in [0.25, 0.3) is 0 Å². The summed E-state index contributed by atoms with van der Waals surface area (Å²) in [5.74, 6) is 6.38. The number of nitrogens with two attached hydrogens (primary N) is 1. The van der Waals surface area contributed by atoms with E-state index in [-0.39, 0.29) is 0 Å². The van der Waals surface area contributed by atoms with Gasteiger partial charge >= 0.3 is 0 Å². The molecule has 14 heavy (non-hydrogen) atoms. The molecule has 0 aromatic rings. The molecule has 84 valence electrons. The summed E-state index contributed by atoms with van der Waals surface area (Å²) in [5.41, 5.74) is 0. The monoisotopic (exact) mass is 200 g/mol. The molecule has 2 rings (SSSR count). The average Bonchev–Trinajstić information content (AvgIpc) is 2.21. The van der Waals surface area contributed by atoms with Crippen LogP contribution in [-0.4, -0.2) is 31.3 Å². The lowest BCUT2D eigenvalue weighted by Crippen LogP contribution is -2.35. The lowest BCUT2D eigenvalue weighted by molar-refractivity contribution is 0.0716. The van der Waals surface area contributed by atoms with E-state index < -0.39 is 0 Å². The standard InChI is InChI=1S/C6H12O.C5H12N2/c1-6-2-4-7-5-3-6;6-7-4-2-1-3-5-7/h6H,2-5H2,1H3;1-6H2. The normalized spacial score (nSPS) is 25.3. The quantitative estimate of drug-likeness (QED) is 0.606. The van der Waals surface area contributed by atoms with Crippen LogP contribution in [0, 0.1) is 5.92 Å². The predicted octanol–water partition coefficient (Wildman–Crippen LogP) is 1.78. The Morgan fingerprint density at radius 3 is 1.93 bits per heavy atom. The van der Waals surface area contributed by atoms with E-state index >= 15 is 0 Å². The lowest BCUT2D eigenvalue weighted by atomic mass is 10.0. The van der Waals surface area contributed by atoms with Gasteiger partial charge in [-0.1, -0.05) is 13.3 Å². The molecule has 3 heteroatoms. The van der Waals surface area contributed by atoms with E-state index in [2.05, 4.69) is 6.92 Å². The molecule has 0 bridgehead atoms. The summed E-state index contributed by atoms with van der Waals surface area (Å²) < 4.78 is 5.14. The number of hydrogen-bond donors (Lipinski definition) is 1. The van der Waals surface area contributed by atoms with Crippen LogP contribution in [0.3, 0.4) is 0 Å². The van der Waals surface area contributed by atoms with E-state index in [4.69, 9.17) is 10.6 Å². The van der Waals surface area contributed by atoms with E-state index in [1.807, 2.05) is 5.01 Å². The second kappa shape index (κ2) is 7.21. The van der Waals surface area contributed by atoms with Gasteiger partial charge in [-0.3, -0.25) is 5.84 Å². The van der Waals surface area contributed by atoms with Crippen molar-refractivity contribution in [2.24, 2.45) is 11.8 Å². The molecular weight excluding hydrogens is 176 g/mol. The van der Waals surface area contributed by atoms with E-state index in [0.29, 0.717) is 0 Å². The SMILES string of the molecule is CC1CCOCC1.NN1CCCCC1. The molecular formula is C11H24N2O. The van der Waals surface area contributed by atoms with Gasteiger partial charge in [0.15, 0.2) is 0 Å². The Labute approximate surface area is 87.6 Å². The predicted molar refractivity (Wildman–Crippen MR) is 58.8 cm³/mol. The minimum Gasteiger partial charge on any atom is -0.381 e. The van der Waals surface area contributed by atoms with Gasteiger partial charge in [-0.05, 0) is 31.6 Å². The molecule has 0 aromatic heterocycles. The fourth-order valence-electron chi connectivity index (χ4n) is 1.73. The van der Waals surface area contributed by atoms with Crippen LogP contribution in [0.2, 0.25) is 0 Å². The Kier molecular flexibility index (Phi) is 6.15. The van der Waals surface area contributed by atoms with Crippen molar-refractivity contribution >= 4 is 0 Å². The zero-order chi connectivity index (χ0) is 10.2. The van der Waals surface area contributed by atoms with Crippen molar-refractivity contribution in [1.29, 1.82) is 0 Å². The van der Waals surface area contributed by atoms with E-state index in [1.165, 1.54) is 32.1 Å². The highest BCUT2D eigenvalue weighted by atomic mass is 16.5. The minimum atomic E-state index is 0.911. The zero-order valence-electron chi connectivity index (χ0n) is 9.37. The second-order valence-corrected chi connectivity index (χ2v) is 4.39. The van der Waals surface area contributed by atoms with Crippen molar-refractivity contribution in [3.8, 4) is 0 Å². The summed E-state index contributed by atoms with van der Waals surface area (Å²) in [7, 11) is 0. The fourth-order valence-corrected chi connectivity index (χ4v) is 1.73. The molecule has 0 atom stereocenters. The molecule has 3 nitrogen and oxygen atoms in total. The van der Waals surface area contributed by atoms with Gasteiger partial charge in [-0.2, -0.15) is 0 Å². The van der Waals surface area contributed by atoms with Gasteiger partial charge in [0.2, 0.25) is 0 Å². The van der Waals surface area contributed by atoms with Crippen molar-refractivity contribution < 1.29 is 4.74 Å². The Balaban J connectivity index is 0.000000140. The molecule has 0 unspecified atom stereocenters. The molecule has 2 aliphatic rings. The third kappa shape index (κ3) is 5.58. The second-order valence-electron chi connectivity index (χ2n) is 4.39. The Morgan fingerprint density at radius 2 is 1.64 bits per heavy atom. The lowest BCUT2D eigenvalue weighted by Gasteiger charge is -2.20. The molecule has 2 heterocycles. The van der Waals surface area contributed by atoms with Gasteiger partial charge in [0, 0.05) is 26.3 Å². The maximum atomic E-state index is 5.47. The van der Waals surface area contributed by atoms with Gasteiger partial charge in [0.1, 0.15) is 0 Å². The number of piperidine rings is 1. The van der Waals surface area contributed by atoms with E-state index in [9.17, 15) is 0 Å². The highest BCUT2D eigenvalue weighted by Crippen LogP contribution is 2.11. The van der Waals surface area contributed by atoms with Crippen LogP contribution < -0.4 is 5.84 Å². The number of nitrogens with zero attached hydrogens (tertiary/aromatic N) is 1. The average molecular weight is 200 g/mol. The maximum absolute atomic E-state index is 5.47. The van der Waals surface area contributed by atoms with Gasteiger partial charge in [-0.15, -0.1) is 0 Å². The summed E-state index contributed by atoms with van der Waals surface area (Å²) in [5, 5.41) is 1.89. The first-order chi connectivity index (χ1) is 6.79. The van der Waals surface area contributed by atoms with Crippen LogP contribution in [0.15, 0.2) is 0 Å². The van der Waals surface area contributed by atoms with Crippen molar-refractivity contribution in [3.63, 3.8) is 0 Å². The number of hydrazine groups is 1. The summed E-state index contributed by atoms with van der Waals surface area (Å²) in [6.45, 7) is 6.45. The first-order valence-electron chi connectivity index (χ1n) is 5.86. The van der Waals surface area contributed by atoms with Crippen LogP contribution in [0.1, 0.15) is 39.0 Å². The van der Waals surface area contributed by atoms with Gasteiger partial charge in [0.05, 0.1) is 0 Å². The first kappa shape index (κ1) is 12.0. The van der Waals surface area contributed by atoms with Crippen LogP contribution in [-0.2, 0) is 4.74 Å². The van der Waals surface area contributed by atoms with Crippen LogP contribution >= 0.6 is 0 Å². The molecule has 0 aromatic carbocycles. The zero-order valence-corrected chi connectivity index (χ0v) is 9.37. The summed E-state index contributed by atoms with van der Waals surface area (Å²) in [4.78, 5) is 0. The number of rotatable bonds is 0. The molecule has 0 spiro atoms. The van der Waals surface area contributed by atoms with Crippen molar-refractivity contribution in [2.45, 2.75) is 39.0 Å². The highest BCUT2D eigenvalue weighted by molar-refractivity contribution is 4.56. The van der Waals surface area contributed by atoms with Crippen LogP contribution in [0.25, 0.3) is 0 Å². The molecule has 2 saturated heterocycles. The van der Waals surface area contributed by atoms with Gasteiger partial charge in [-0.25, -0.2) is 5.01 Å². The molecule has 2 fully saturated rings. The molecule has 2 aliphatic heterocycles. The van der Waals surface area contributed by atoms with E-state index in [1.54, 1.807) is 0 Å². The summed E-state index contributed by atoms with van der Waals surface area (Å²) >= 11 is 0. The minimum absolute atomic E-state index is 0.911. The molecule has 2 N–H and O–H groups in total. The highest BCUT2D eigenvalue weighted by Gasteiger charge is 2.06.